The number of hydrogen-bond acceptors (Lipinski definition) is 5. The Morgan fingerprint density at radius 2 is 1.79 bits per heavy atom. The van der Waals surface area contributed by atoms with Gasteiger partial charge in [-0.3, -0.25) is 19.5 Å². The highest BCUT2D eigenvalue weighted by Gasteiger charge is 2.57. The molecule has 8 nitrogen and oxygen atoms in total. The van der Waals surface area contributed by atoms with E-state index in [4.69, 9.17) is 4.99 Å². The van der Waals surface area contributed by atoms with E-state index in [2.05, 4.69) is 4.72 Å². The monoisotopic (exact) mass is 552 g/mol. The number of amides is 2. The molecule has 2 amide bonds. The first-order chi connectivity index (χ1) is 18.6. The fourth-order valence-corrected chi connectivity index (χ4v) is 7.57. The third-order valence-electron chi connectivity index (χ3n) is 8.80. The van der Waals surface area contributed by atoms with Crippen molar-refractivity contribution in [3.05, 3.63) is 53.6 Å². The highest BCUT2D eigenvalue weighted by Crippen LogP contribution is 2.46. The highest BCUT2D eigenvalue weighted by atomic mass is 32.2. The number of benzene rings is 1. The summed E-state index contributed by atoms with van der Waals surface area (Å²) in [7, 11) is -3.68. The van der Waals surface area contributed by atoms with Crippen LogP contribution in [0, 0.1) is 11.8 Å². The maximum atomic E-state index is 15.5. The third-order valence-corrected chi connectivity index (χ3v) is 10.8. The SMILES string of the molecule is O=C(C1CC1)N1CCC(CN2C(=O)C3(CC3)N=C2c2ccc(C3=CC=C[C@@](F)(NS(=O)(=O)C4CC4)C3)cc2)C1. The molecule has 39 heavy (non-hydrogen) atoms. The molecule has 1 saturated heterocycles. The van der Waals surface area contributed by atoms with Gasteiger partial charge in [0.2, 0.25) is 15.9 Å². The summed E-state index contributed by atoms with van der Waals surface area (Å²) in [5, 5.41) is -0.495. The van der Waals surface area contributed by atoms with E-state index in [-0.39, 0.29) is 30.1 Å². The van der Waals surface area contributed by atoms with Gasteiger partial charge in [0, 0.05) is 37.5 Å². The second-order valence-corrected chi connectivity index (χ2v) is 14.1. The molecule has 3 saturated carbocycles. The van der Waals surface area contributed by atoms with Crippen LogP contribution in [-0.4, -0.2) is 72.1 Å². The van der Waals surface area contributed by atoms with Crippen molar-refractivity contribution in [2.45, 2.75) is 67.9 Å². The van der Waals surface area contributed by atoms with Crippen LogP contribution >= 0.6 is 0 Å². The van der Waals surface area contributed by atoms with Crippen molar-refractivity contribution in [1.82, 2.24) is 14.5 Å². The summed E-state index contributed by atoms with van der Waals surface area (Å²) in [6, 6.07) is 7.57. The first-order valence-electron chi connectivity index (χ1n) is 14.1. The van der Waals surface area contributed by atoms with Gasteiger partial charge in [0.15, 0.2) is 5.79 Å². The van der Waals surface area contributed by atoms with Crippen molar-refractivity contribution < 1.29 is 22.4 Å². The fraction of sp³-hybridized carbons (Fsp3) is 0.552. The molecule has 0 aromatic heterocycles. The molecule has 1 unspecified atom stereocenters. The zero-order chi connectivity index (χ0) is 27.0. The number of alkyl halides is 1. The minimum atomic E-state index is -3.68. The van der Waals surface area contributed by atoms with Crippen molar-refractivity contribution in [3.63, 3.8) is 0 Å². The molecule has 1 N–H and O–H groups in total. The van der Waals surface area contributed by atoms with E-state index in [0.29, 0.717) is 37.3 Å². The van der Waals surface area contributed by atoms with Crippen molar-refractivity contribution in [3.8, 4) is 0 Å². The number of sulfonamides is 1. The number of halogens is 1. The first kappa shape index (κ1) is 25.1. The lowest BCUT2D eigenvalue weighted by molar-refractivity contribution is -0.131. The first-order valence-corrected chi connectivity index (χ1v) is 15.6. The molecule has 1 spiro atoms. The highest BCUT2D eigenvalue weighted by molar-refractivity contribution is 7.90. The van der Waals surface area contributed by atoms with Crippen molar-refractivity contribution in [1.29, 1.82) is 0 Å². The Labute approximate surface area is 228 Å². The van der Waals surface area contributed by atoms with Gasteiger partial charge < -0.3 is 4.90 Å². The number of carbonyl (C=O) groups excluding carboxylic acids is 2. The number of aliphatic imine (C=N–C) groups is 1. The largest absolute Gasteiger partial charge is 0.342 e. The van der Waals surface area contributed by atoms with E-state index in [0.717, 1.165) is 49.8 Å². The molecule has 1 aromatic rings. The minimum absolute atomic E-state index is 0.0545. The molecule has 1 aromatic carbocycles. The van der Waals surface area contributed by atoms with E-state index in [1.54, 1.807) is 12.2 Å². The predicted octanol–water partition coefficient (Wildman–Crippen LogP) is 3.16. The molecule has 2 aliphatic heterocycles. The van der Waals surface area contributed by atoms with Crippen LogP contribution in [0.25, 0.3) is 5.57 Å². The summed E-state index contributed by atoms with van der Waals surface area (Å²) >= 11 is 0. The van der Waals surface area contributed by atoms with E-state index in [1.165, 1.54) is 6.08 Å². The Kier molecular flexibility index (Phi) is 5.69. The number of hydrogen-bond donors (Lipinski definition) is 1. The van der Waals surface area contributed by atoms with Crippen molar-refractivity contribution in [2.75, 3.05) is 19.6 Å². The summed E-state index contributed by atoms with van der Waals surface area (Å²) < 4.78 is 42.5. The van der Waals surface area contributed by atoms with Crippen LogP contribution in [0.2, 0.25) is 0 Å². The number of rotatable bonds is 8. The van der Waals surface area contributed by atoms with Crippen LogP contribution in [0.5, 0.6) is 0 Å². The van der Waals surface area contributed by atoms with E-state index in [1.807, 2.05) is 34.1 Å². The predicted molar refractivity (Wildman–Crippen MR) is 145 cm³/mol. The zero-order valence-electron chi connectivity index (χ0n) is 21.8. The lowest BCUT2D eigenvalue weighted by Gasteiger charge is -2.27. The van der Waals surface area contributed by atoms with Gasteiger partial charge in [0.05, 0.1) is 5.25 Å². The lowest BCUT2D eigenvalue weighted by Crippen LogP contribution is -2.45. The number of likely N-dealkylation sites (tertiary alicyclic amines) is 1. The molecular weight excluding hydrogens is 519 g/mol. The maximum Gasteiger partial charge on any atom is 0.256 e. The van der Waals surface area contributed by atoms with Crippen molar-refractivity contribution in [2.24, 2.45) is 16.8 Å². The second-order valence-electron chi connectivity index (χ2n) is 12.1. The molecule has 4 aliphatic carbocycles. The Hall–Kier alpha value is -2.85. The normalized spacial score (nSPS) is 29.7. The summed E-state index contributed by atoms with van der Waals surface area (Å²) in [6.07, 6.45) is 10.1. The molecule has 4 fully saturated rings. The van der Waals surface area contributed by atoms with Gasteiger partial charge in [-0.2, -0.15) is 4.72 Å². The van der Waals surface area contributed by atoms with Gasteiger partial charge in [-0.25, -0.2) is 12.8 Å². The molecule has 10 heteroatoms. The molecule has 2 atom stereocenters. The van der Waals surface area contributed by atoms with Crippen LogP contribution in [0.15, 0.2) is 47.5 Å². The van der Waals surface area contributed by atoms with Gasteiger partial charge in [-0.1, -0.05) is 36.4 Å². The summed E-state index contributed by atoms with van der Waals surface area (Å²) in [5.41, 5.74) is 1.68. The molecule has 0 radical (unpaired) electrons. The van der Waals surface area contributed by atoms with Gasteiger partial charge in [0.1, 0.15) is 11.4 Å². The number of nitrogens with one attached hydrogen (secondary N) is 1. The summed E-state index contributed by atoms with van der Waals surface area (Å²) in [4.78, 5) is 34.5. The number of allylic oxidation sites excluding steroid dienone is 2. The molecule has 206 valence electrons. The third kappa shape index (κ3) is 4.75. The quantitative estimate of drug-likeness (QED) is 0.501. The van der Waals surface area contributed by atoms with E-state index >= 15 is 4.39 Å². The number of carbonyl (C=O) groups is 2. The van der Waals surface area contributed by atoms with Crippen LogP contribution in [0.1, 0.15) is 62.5 Å². The molecule has 6 aliphatic rings. The average molecular weight is 553 g/mol. The van der Waals surface area contributed by atoms with Crippen LogP contribution in [0.4, 0.5) is 4.39 Å². The standard InChI is InChI=1S/C29H33FN4O4S/c30-29(32-39(37,38)24-9-10-24)12-1-2-23(16-29)20-3-5-21(6-4-20)25-31-28(13-14-28)27(36)34(25)18-19-11-15-33(17-19)26(35)22-7-8-22/h1-6,12,19,22,24,32H,7-11,13-18H2/t19?,29-/m1/s1. The smallest absolute Gasteiger partial charge is 0.256 e. The van der Waals surface area contributed by atoms with Gasteiger partial charge in [-0.15, -0.1) is 0 Å². The Balaban J connectivity index is 1.06. The Bertz CT molecular complexity index is 1420. The topological polar surface area (TPSA) is 99.2 Å². The molecular formula is C29H33FN4O4S. The molecule has 2 heterocycles. The van der Waals surface area contributed by atoms with E-state index < -0.39 is 26.6 Å². The maximum absolute atomic E-state index is 15.5. The van der Waals surface area contributed by atoms with Gasteiger partial charge in [-0.05, 0) is 68.1 Å². The fourth-order valence-electron chi connectivity index (χ4n) is 6.03. The number of nitrogens with zero attached hydrogens (tertiary/aromatic N) is 3. The summed E-state index contributed by atoms with van der Waals surface area (Å²) in [5.74, 6) is -0.732. The Morgan fingerprint density at radius 3 is 2.46 bits per heavy atom. The average Bonchev–Trinajstić information content (AvgIpc) is 3.78. The second kappa shape index (κ2) is 8.83. The lowest BCUT2D eigenvalue weighted by atomic mass is 9.92. The summed E-state index contributed by atoms with van der Waals surface area (Å²) in [6.45, 7) is 2.00. The van der Waals surface area contributed by atoms with Gasteiger partial charge in [0.25, 0.3) is 5.91 Å². The van der Waals surface area contributed by atoms with E-state index in [9.17, 15) is 18.0 Å². The van der Waals surface area contributed by atoms with Crippen LogP contribution < -0.4 is 4.72 Å². The van der Waals surface area contributed by atoms with Crippen molar-refractivity contribution >= 4 is 33.2 Å². The van der Waals surface area contributed by atoms with Crippen LogP contribution in [-0.2, 0) is 19.6 Å². The van der Waals surface area contributed by atoms with Gasteiger partial charge >= 0.3 is 0 Å². The molecule has 0 bridgehead atoms. The number of amidine groups is 1. The zero-order valence-corrected chi connectivity index (χ0v) is 22.6. The Morgan fingerprint density at radius 1 is 1.08 bits per heavy atom. The van der Waals surface area contributed by atoms with Crippen LogP contribution in [0.3, 0.4) is 0 Å². The molecule has 7 rings (SSSR count). The minimum Gasteiger partial charge on any atom is -0.342 e.